The van der Waals surface area contributed by atoms with E-state index in [4.69, 9.17) is 23.2 Å². The molecule has 0 amide bonds. The fraction of sp³-hybridized carbons (Fsp3) is 0.385. The smallest absolute Gasteiger partial charge is 0.0467 e. The van der Waals surface area contributed by atoms with Crippen molar-refractivity contribution in [2.45, 2.75) is 32.6 Å². The lowest BCUT2D eigenvalue weighted by Gasteiger charge is -1.99. The summed E-state index contributed by atoms with van der Waals surface area (Å²) in [5.41, 5.74) is 3.75. The summed E-state index contributed by atoms with van der Waals surface area (Å²) in [5, 5.41) is 1.84. The molecular formula is C13H14Cl2. The zero-order valence-corrected chi connectivity index (χ0v) is 10.3. The van der Waals surface area contributed by atoms with Crippen LogP contribution in [0.15, 0.2) is 45.0 Å². The van der Waals surface area contributed by atoms with Gasteiger partial charge >= 0.3 is 0 Å². The average Bonchev–Trinajstić information content (AvgIpc) is 2.77. The number of allylic oxidation sites excluding steroid dienone is 8. The molecule has 0 heterocycles. The van der Waals surface area contributed by atoms with Crippen LogP contribution in [0.1, 0.15) is 32.6 Å². The van der Waals surface area contributed by atoms with E-state index in [1.54, 1.807) is 0 Å². The molecule has 0 saturated carbocycles. The molecule has 2 aliphatic rings. The number of hydrogen-bond acceptors (Lipinski definition) is 0. The Kier molecular flexibility index (Phi) is 3.38. The van der Waals surface area contributed by atoms with Crippen molar-refractivity contribution in [3.8, 4) is 0 Å². The van der Waals surface area contributed by atoms with E-state index in [1.165, 1.54) is 16.7 Å². The van der Waals surface area contributed by atoms with Crippen LogP contribution < -0.4 is 0 Å². The van der Waals surface area contributed by atoms with Gasteiger partial charge in [0, 0.05) is 10.1 Å². The third-order valence-corrected chi connectivity index (χ3v) is 3.85. The van der Waals surface area contributed by atoms with Crippen molar-refractivity contribution >= 4 is 23.2 Å². The van der Waals surface area contributed by atoms with Gasteiger partial charge in [-0.1, -0.05) is 41.4 Å². The molecule has 0 nitrogen and oxygen atoms in total. The molecule has 80 valence electrons. The van der Waals surface area contributed by atoms with Gasteiger partial charge in [0.05, 0.1) is 0 Å². The van der Waals surface area contributed by atoms with Crippen molar-refractivity contribution in [2.24, 2.45) is 0 Å². The second kappa shape index (κ2) is 4.59. The number of halogens is 2. The molecule has 2 aliphatic carbocycles. The first-order valence-corrected chi connectivity index (χ1v) is 6.08. The van der Waals surface area contributed by atoms with Gasteiger partial charge in [-0.15, -0.1) is 0 Å². The van der Waals surface area contributed by atoms with Crippen LogP contribution in [0.2, 0.25) is 0 Å². The van der Waals surface area contributed by atoms with E-state index in [-0.39, 0.29) is 0 Å². The highest BCUT2D eigenvalue weighted by Gasteiger charge is 2.17. The average molecular weight is 241 g/mol. The zero-order valence-electron chi connectivity index (χ0n) is 8.82. The Morgan fingerprint density at radius 2 is 1.93 bits per heavy atom. The fourth-order valence-electron chi connectivity index (χ4n) is 2.06. The van der Waals surface area contributed by atoms with Crippen LogP contribution in [0.4, 0.5) is 0 Å². The molecule has 0 aliphatic heterocycles. The largest absolute Gasteiger partial charge is 0.0844 e. The Balaban J connectivity index is 2.27. The van der Waals surface area contributed by atoms with Crippen LogP contribution in [0.5, 0.6) is 0 Å². The van der Waals surface area contributed by atoms with Crippen molar-refractivity contribution in [2.75, 3.05) is 0 Å². The second-order valence-electron chi connectivity index (χ2n) is 3.91. The summed E-state index contributed by atoms with van der Waals surface area (Å²) in [4.78, 5) is 0. The van der Waals surface area contributed by atoms with Crippen LogP contribution in [-0.4, -0.2) is 0 Å². The van der Waals surface area contributed by atoms with Crippen molar-refractivity contribution in [3.63, 3.8) is 0 Å². The molecule has 0 bridgehead atoms. The summed E-state index contributed by atoms with van der Waals surface area (Å²) in [5.74, 6) is 0. The van der Waals surface area contributed by atoms with Crippen LogP contribution in [0.3, 0.4) is 0 Å². The van der Waals surface area contributed by atoms with E-state index >= 15 is 0 Å². The highest BCUT2D eigenvalue weighted by molar-refractivity contribution is 6.33. The molecule has 0 radical (unpaired) electrons. The predicted molar refractivity (Wildman–Crippen MR) is 67.1 cm³/mol. The van der Waals surface area contributed by atoms with E-state index < -0.39 is 0 Å². The molecule has 0 unspecified atom stereocenters. The van der Waals surface area contributed by atoms with Gasteiger partial charge < -0.3 is 0 Å². The molecule has 0 fully saturated rings. The lowest BCUT2D eigenvalue weighted by Crippen LogP contribution is -1.80. The van der Waals surface area contributed by atoms with Crippen molar-refractivity contribution < 1.29 is 0 Å². The summed E-state index contributed by atoms with van der Waals surface area (Å²) in [6, 6.07) is 0. The van der Waals surface area contributed by atoms with Crippen molar-refractivity contribution in [1.29, 1.82) is 0 Å². The van der Waals surface area contributed by atoms with Gasteiger partial charge in [-0.3, -0.25) is 0 Å². The summed E-state index contributed by atoms with van der Waals surface area (Å²) < 4.78 is 0. The number of hydrogen-bond donors (Lipinski definition) is 0. The third-order valence-electron chi connectivity index (χ3n) is 2.97. The Bertz CT molecular complexity index is 395. The zero-order chi connectivity index (χ0) is 10.8. The van der Waals surface area contributed by atoms with Crippen LogP contribution in [0.25, 0.3) is 0 Å². The van der Waals surface area contributed by atoms with Gasteiger partial charge in [-0.25, -0.2) is 0 Å². The molecule has 0 N–H and O–H groups in total. The summed E-state index contributed by atoms with van der Waals surface area (Å²) >= 11 is 12.4. The maximum Gasteiger partial charge on any atom is 0.0467 e. The normalized spacial score (nSPS) is 27.0. The van der Waals surface area contributed by atoms with Crippen LogP contribution >= 0.6 is 23.2 Å². The molecular weight excluding hydrogens is 227 g/mol. The van der Waals surface area contributed by atoms with Crippen LogP contribution in [0, 0.1) is 0 Å². The van der Waals surface area contributed by atoms with Gasteiger partial charge in [-0.05, 0) is 49.3 Å². The first-order valence-electron chi connectivity index (χ1n) is 5.33. The molecule has 0 aromatic rings. The summed E-state index contributed by atoms with van der Waals surface area (Å²) in [7, 11) is 0. The Morgan fingerprint density at radius 3 is 2.47 bits per heavy atom. The first kappa shape index (κ1) is 11.0. The van der Waals surface area contributed by atoms with E-state index in [0.29, 0.717) is 0 Å². The Labute approximate surface area is 101 Å². The van der Waals surface area contributed by atoms with Gasteiger partial charge in [0.1, 0.15) is 0 Å². The molecule has 2 rings (SSSR count). The van der Waals surface area contributed by atoms with Gasteiger partial charge in [-0.2, -0.15) is 0 Å². The Morgan fingerprint density at radius 1 is 1.13 bits per heavy atom. The van der Waals surface area contributed by atoms with E-state index in [9.17, 15) is 0 Å². The summed E-state index contributed by atoms with van der Waals surface area (Å²) in [6.07, 6.45) is 10.6. The van der Waals surface area contributed by atoms with Gasteiger partial charge in [0.15, 0.2) is 0 Å². The molecule has 0 aromatic carbocycles. The van der Waals surface area contributed by atoms with Crippen molar-refractivity contribution in [1.82, 2.24) is 0 Å². The monoisotopic (exact) mass is 240 g/mol. The minimum atomic E-state index is 0.904. The molecule has 0 atom stereocenters. The molecule has 0 saturated heterocycles. The molecule has 2 heteroatoms. The minimum absolute atomic E-state index is 0.904. The highest BCUT2D eigenvalue weighted by Crippen LogP contribution is 2.37. The van der Waals surface area contributed by atoms with E-state index in [1.807, 2.05) is 6.92 Å². The molecule has 0 spiro atoms. The SMILES string of the molecule is C/C=C1\CCC(/C=C2\CCC=C2Cl)=C1Cl. The van der Waals surface area contributed by atoms with Gasteiger partial charge in [0.25, 0.3) is 0 Å². The maximum atomic E-state index is 6.27. The Hall–Kier alpha value is -0.460. The van der Waals surface area contributed by atoms with E-state index in [0.717, 1.165) is 35.7 Å². The van der Waals surface area contributed by atoms with E-state index in [2.05, 4.69) is 18.2 Å². The lowest BCUT2D eigenvalue weighted by molar-refractivity contribution is 1.01. The molecule has 15 heavy (non-hydrogen) atoms. The third kappa shape index (κ3) is 2.21. The topological polar surface area (TPSA) is 0 Å². The number of rotatable bonds is 1. The first-order chi connectivity index (χ1) is 7.22. The predicted octanol–water partition coefficient (Wildman–Crippen LogP) is 5.06. The second-order valence-corrected chi connectivity index (χ2v) is 4.70. The standard InChI is InChI=1S/C13H14Cl2/c1-2-9-6-7-11(13(9)15)8-10-4-3-5-12(10)14/h2,5,8H,3-4,6-7H2,1H3/b9-2+,10-8+. The molecule has 0 aromatic heterocycles. The minimum Gasteiger partial charge on any atom is -0.0844 e. The van der Waals surface area contributed by atoms with Gasteiger partial charge in [0.2, 0.25) is 0 Å². The fourth-order valence-corrected chi connectivity index (χ4v) is 2.67. The summed E-state index contributed by atoms with van der Waals surface area (Å²) in [6.45, 7) is 2.04. The van der Waals surface area contributed by atoms with Crippen LogP contribution in [-0.2, 0) is 0 Å². The van der Waals surface area contributed by atoms with Crippen molar-refractivity contribution in [3.05, 3.63) is 45.0 Å². The maximum absolute atomic E-state index is 6.27. The lowest BCUT2D eigenvalue weighted by atomic mass is 10.1. The quantitative estimate of drug-likeness (QED) is 0.601. The highest BCUT2D eigenvalue weighted by atomic mass is 35.5.